The van der Waals surface area contributed by atoms with Gasteiger partial charge in [0, 0.05) is 17.6 Å². The minimum Gasteiger partial charge on any atom is -0.481 e. The van der Waals surface area contributed by atoms with Gasteiger partial charge in [-0.15, -0.1) is 0 Å². The van der Waals surface area contributed by atoms with E-state index in [1.54, 1.807) is 6.20 Å². The van der Waals surface area contributed by atoms with Gasteiger partial charge in [-0.3, -0.25) is 9.78 Å². The van der Waals surface area contributed by atoms with Crippen molar-refractivity contribution in [3.8, 4) is 5.75 Å². The minimum atomic E-state index is -0.0464. The summed E-state index contributed by atoms with van der Waals surface area (Å²) >= 11 is 0. The van der Waals surface area contributed by atoms with E-state index in [9.17, 15) is 4.79 Å². The summed E-state index contributed by atoms with van der Waals surface area (Å²) < 4.78 is 5.65. The summed E-state index contributed by atoms with van der Waals surface area (Å²) in [7, 11) is 0. The van der Waals surface area contributed by atoms with Crippen LogP contribution in [0, 0.1) is 0 Å². The molecule has 1 aromatic heterocycles. The number of para-hydroxylation sites is 1. The molecule has 1 N–H and O–H groups in total. The lowest BCUT2D eigenvalue weighted by atomic mass is 9.95. The molecule has 0 spiro atoms. The highest BCUT2D eigenvalue weighted by Crippen LogP contribution is 2.23. The second kappa shape index (κ2) is 6.57. The van der Waals surface area contributed by atoms with Crippen molar-refractivity contribution in [1.82, 2.24) is 10.3 Å². The Bertz CT molecular complexity index is 616. The van der Waals surface area contributed by atoms with Crippen molar-refractivity contribution in [3.63, 3.8) is 0 Å². The molecule has 1 fully saturated rings. The molecule has 21 heavy (non-hydrogen) atoms. The minimum absolute atomic E-state index is 0.0464. The first-order chi connectivity index (χ1) is 10.3. The third-order valence-electron chi connectivity index (χ3n) is 3.92. The lowest BCUT2D eigenvalue weighted by Crippen LogP contribution is -2.38. The molecule has 1 aromatic carbocycles. The second-order valence-electron chi connectivity index (χ2n) is 5.52. The Morgan fingerprint density at radius 1 is 1.19 bits per heavy atom. The molecular formula is C17H20N2O2. The number of hydrogen-bond donors (Lipinski definition) is 1. The first kappa shape index (κ1) is 13.9. The predicted octanol–water partition coefficient (Wildman–Crippen LogP) is 3.06. The molecule has 0 bridgehead atoms. The number of carbonyl (C=O) groups excluding carboxylic acids is 1. The molecule has 4 heteroatoms. The molecule has 4 nitrogen and oxygen atoms in total. The fourth-order valence-corrected chi connectivity index (χ4v) is 2.85. The van der Waals surface area contributed by atoms with Gasteiger partial charge in [0.2, 0.25) is 0 Å². The molecule has 2 aromatic rings. The number of nitrogens with zero attached hydrogens (tertiary/aromatic N) is 1. The SMILES string of the molecule is O=C(COc1cccc2cccnc12)NC1CCCCC1. The van der Waals surface area contributed by atoms with Crippen LogP contribution in [0.25, 0.3) is 10.9 Å². The van der Waals surface area contributed by atoms with E-state index in [2.05, 4.69) is 10.3 Å². The summed E-state index contributed by atoms with van der Waals surface area (Å²) in [6.07, 6.45) is 7.60. The second-order valence-corrected chi connectivity index (χ2v) is 5.52. The number of benzene rings is 1. The Hall–Kier alpha value is -2.10. The van der Waals surface area contributed by atoms with Crippen LogP contribution in [0.4, 0.5) is 0 Å². The van der Waals surface area contributed by atoms with E-state index in [1.165, 1.54) is 19.3 Å². The van der Waals surface area contributed by atoms with Crippen LogP contribution >= 0.6 is 0 Å². The fourth-order valence-electron chi connectivity index (χ4n) is 2.85. The van der Waals surface area contributed by atoms with E-state index >= 15 is 0 Å². The summed E-state index contributed by atoms with van der Waals surface area (Å²) in [6.45, 7) is 0.0478. The fraction of sp³-hybridized carbons (Fsp3) is 0.412. The van der Waals surface area contributed by atoms with E-state index in [0.29, 0.717) is 11.8 Å². The van der Waals surface area contributed by atoms with Crippen LogP contribution in [0.5, 0.6) is 5.75 Å². The van der Waals surface area contributed by atoms with Crippen LogP contribution < -0.4 is 10.1 Å². The molecule has 1 saturated carbocycles. The van der Waals surface area contributed by atoms with E-state index in [0.717, 1.165) is 23.7 Å². The summed E-state index contributed by atoms with van der Waals surface area (Å²) in [5.41, 5.74) is 0.797. The molecular weight excluding hydrogens is 264 g/mol. The number of carbonyl (C=O) groups is 1. The smallest absolute Gasteiger partial charge is 0.258 e. The Balaban J connectivity index is 1.59. The van der Waals surface area contributed by atoms with Crippen LogP contribution in [0.2, 0.25) is 0 Å². The molecule has 1 aliphatic carbocycles. The van der Waals surface area contributed by atoms with Crippen LogP contribution in [-0.4, -0.2) is 23.5 Å². The third-order valence-corrected chi connectivity index (χ3v) is 3.92. The first-order valence-electron chi connectivity index (χ1n) is 7.59. The number of amides is 1. The zero-order valence-electron chi connectivity index (χ0n) is 12.0. The topological polar surface area (TPSA) is 51.2 Å². The average Bonchev–Trinajstić information content (AvgIpc) is 2.54. The van der Waals surface area contributed by atoms with Gasteiger partial charge in [0.1, 0.15) is 11.3 Å². The maximum atomic E-state index is 12.0. The Morgan fingerprint density at radius 2 is 2.00 bits per heavy atom. The van der Waals surface area contributed by atoms with Crippen molar-refractivity contribution in [3.05, 3.63) is 36.5 Å². The lowest BCUT2D eigenvalue weighted by molar-refractivity contribution is -0.124. The zero-order valence-corrected chi connectivity index (χ0v) is 12.0. The third kappa shape index (κ3) is 3.51. The molecule has 0 saturated heterocycles. The quantitative estimate of drug-likeness (QED) is 0.938. The van der Waals surface area contributed by atoms with Gasteiger partial charge in [0.05, 0.1) is 0 Å². The van der Waals surface area contributed by atoms with Gasteiger partial charge < -0.3 is 10.1 Å². The zero-order chi connectivity index (χ0) is 14.5. The first-order valence-corrected chi connectivity index (χ1v) is 7.59. The molecule has 0 aliphatic heterocycles. The lowest BCUT2D eigenvalue weighted by Gasteiger charge is -2.22. The summed E-state index contributed by atoms with van der Waals surface area (Å²) in [5.74, 6) is 0.613. The Kier molecular flexibility index (Phi) is 4.34. The predicted molar refractivity (Wildman–Crippen MR) is 82.3 cm³/mol. The van der Waals surface area contributed by atoms with Crippen LogP contribution in [-0.2, 0) is 4.79 Å². The number of rotatable bonds is 4. The van der Waals surface area contributed by atoms with Crippen molar-refractivity contribution >= 4 is 16.8 Å². The molecule has 0 radical (unpaired) electrons. The van der Waals surface area contributed by atoms with Gasteiger partial charge in [-0.05, 0) is 25.0 Å². The Morgan fingerprint density at radius 3 is 2.86 bits per heavy atom. The van der Waals surface area contributed by atoms with E-state index < -0.39 is 0 Å². The van der Waals surface area contributed by atoms with Crippen LogP contribution in [0.15, 0.2) is 36.5 Å². The summed E-state index contributed by atoms with van der Waals surface area (Å²) in [6, 6.07) is 9.94. The molecule has 0 unspecified atom stereocenters. The summed E-state index contributed by atoms with van der Waals surface area (Å²) in [5, 5.41) is 4.07. The number of pyridine rings is 1. The van der Waals surface area contributed by atoms with Gasteiger partial charge in [-0.1, -0.05) is 37.5 Å². The largest absolute Gasteiger partial charge is 0.481 e. The number of ether oxygens (including phenoxy) is 1. The van der Waals surface area contributed by atoms with Gasteiger partial charge in [0.15, 0.2) is 6.61 Å². The highest BCUT2D eigenvalue weighted by molar-refractivity contribution is 5.85. The number of hydrogen-bond acceptors (Lipinski definition) is 3. The highest BCUT2D eigenvalue weighted by Gasteiger charge is 2.16. The normalized spacial score (nSPS) is 15.8. The number of fused-ring (bicyclic) bond motifs is 1. The highest BCUT2D eigenvalue weighted by atomic mass is 16.5. The molecule has 1 amide bonds. The molecule has 110 valence electrons. The van der Waals surface area contributed by atoms with Crippen LogP contribution in [0.3, 0.4) is 0 Å². The van der Waals surface area contributed by atoms with Crippen molar-refractivity contribution in [2.45, 2.75) is 38.1 Å². The van der Waals surface area contributed by atoms with E-state index in [4.69, 9.17) is 4.74 Å². The molecule has 3 rings (SSSR count). The van der Waals surface area contributed by atoms with Crippen LogP contribution in [0.1, 0.15) is 32.1 Å². The Labute approximate surface area is 124 Å². The summed E-state index contributed by atoms with van der Waals surface area (Å²) in [4.78, 5) is 16.3. The maximum absolute atomic E-state index is 12.0. The van der Waals surface area contributed by atoms with Crippen molar-refractivity contribution in [2.24, 2.45) is 0 Å². The van der Waals surface area contributed by atoms with Gasteiger partial charge in [-0.2, -0.15) is 0 Å². The van der Waals surface area contributed by atoms with E-state index in [1.807, 2.05) is 30.3 Å². The molecule has 1 heterocycles. The van der Waals surface area contributed by atoms with Crippen molar-refractivity contribution in [1.29, 1.82) is 0 Å². The van der Waals surface area contributed by atoms with Crippen molar-refractivity contribution in [2.75, 3.05) is 6.61 Å². The molecule has 0 atom stereocenters. The number of aromatic nitrogens is 1. The van der Waals surface area contributed by atoms with Gasteiger partial charge in [-0.25, -0.2) is 0 Å². The van der Waals surface area contributed by atoms with Gasteiger partial charge in [0.25, 0.3) is 5.91 Å². The molecule has 1 aliphatic rings. The van der Waals surface area contributed by atoms with Gasteiger partial charge >= 0.3 is 0 Å². The monoisotopic (exact) mass is 284 g/mol. The standard InChI is InChI=1S/C17H20N2O2/c20-16(19-14-8-2-1-3-9-14)12-21-15-10-4-6-13-7-5-11-18-17(13)15/h4-7,10-11,14H,1-3,8-9,12H2,(H,19,20). The number of nitrogens with one attached hydrogen (secondary N) is 1. The van der Waals surface area contributed by atoms with Crippen molar-refractivity contribution < 1.29 is 9.53 Å². The average molecular weight is 284 g/mol. The maximum Gasteiger partial charge on any atom is 0.258 e. The van der Waals surface area contributed by atoms with E-state index in [-0.39, 0.29) is 12.5 Å².